The Balaban J connectivity index is 1.56. The third-order valence-corrected chi connectivity index (χ3v) is 5.11. The topological polar surface area (TPSA) is 38.5 Å². The molecular formula is C17H26N2O. The van der Waals surface area contributed by atoms with E-state index in [9.17, 15) is 0 Å². The summed E-state index contributed by atoms with van der Waals surface area (Å²) in [6, 6.07) is 9.30. The minimum absolute atomic E-state index is 0.675. The first-order valence-corrected chi connectivity index (χ1v) is 7.89. The van der Waals surface area contributed by atoms with Gasteiger partial charge in [0, 0.05) is 19.1 Å². The van der Waals surface area contributed by atoms with E-state index >= 15 is 0 Å². The fraction of sp³-hybridized carbons (Fsp3) is 0.647. The van der Waals surface area contributed by atoms with E-state index in [1.54, 1.807) is 7.11 Å². The maximum atomic E-state index is 5.72. The molecule has 0 unspecified atom stereocenters. The van der Waals surface area contributed by atoms with Gasteiger partial charge >= 0.3 is 0 Å². The van der Waals surface area contributed by atoms with Crippen molar-refractivity contribution in [1.82, 2.24) is 4.90 Å². The maximum Gasteiger partial charge on any atom is 0.122 e. The minimum Gasteiger partial charge on any atom is -0.496 e. The van der Waals surface area contributed by atoms with E-state index in [0.29, 0.717) is 5.92 Å². The smallest absolute Gasteiger partial charge is 0.122 e. The zero-order valence-corrected chi connectivity index (χ0v) is 12.4. The zero-order chi connectivity index (χ0) is 13.9. The standard InChI is InChI=1S/C17H26N2O/c1-20-17-5-3-2-4-16(17)14-6-8-15(9-7-14)19-11-13(10-18)12-19/h2-5,13-15H,6-12,18H2,1H3. The largest absolute Gasteiger partial charge is 0.496 e. The van der Waals surface area contributed by atoms with Gasteiger partial charge in [-0.2, -0.15) is 0 Å². The van der Waals surface area contributed by atoms with Crippen molar-refractivity contribution in [3.63, 3.8) is 0 Å². The van der Waals surface area contributed by atoms with Gasteiger partial charge in [-0.3, -0.25) is 4.90 Å². The molecule has 0 aromatic heterocycles. The van der Waals surface area contributed by atoms with E-state index in [-0.39, 0.29) is 0 Å². The van der Waals surface area contributed by atoms with Crippen LogP contribution in [0.15, 0.2) is 24.3 Å². The highest BCUT2D eigenvalue weighted by molar-refractivity contribution is 5.36. The summed E-state index contributed by atoms with van der Waals surface area (Å²) >= 11 is 0. The average molecular weight is 274 g/mol. The van der Waals surface area contributed by atoms with Crippen molar-refractivity contribution in [3.05, 3.63) is 29.8 Å². The van der Waals surface area contributed by atoms with Gasteiger partial charge in [-0.1, -0.05) is 18.2 Å². The van der Waals surface area contributed by atoms with Crippen LogP contribution in [0.5, 0.6) is 5.75 Å². The van der Waals surface area contributed by atoms with Crippen molar-refractivity contribution < 1.29 is 4.74 Å². The van der Waals surface area contributed by atoms with Crippen molar-refractivity contribution in [1.29, 1.82) is 0 Å². The lowest BCUT2D eigenvalue weighted by Gasteiger charge is -2.46. The van der Waals surface area contributed by atoms with Gasteiger partial charge in [0.1, 0.15) is 5.75 Å². The van der Waals surface area contributed by atoms with Crippen LogP contribution in [0.1, 0.15) is 37.2 Å². The monoisotopic (exact) mass is 274 g/mol. The van der Waals surface area contributed by atoms with Crippen molar-refractivity contribution >= 4 is 0 Å². The Morgan fingerprint density at radius 2 is 1.85 bits per heavy atom. The number of methoxy groups -OCH3 is 1. The molecule has 20 heavy (non-hydrogen) atoms. The second-order valence-electron chi connectivity index (χ2n) is 6.30. The molecule has 3 nitrogen and oxygen atoms in total. The number of hydrogen-bond donors (Lipinski definition) is 1. The first kappa shape index (κ1) is 13.9. The van der Waals surface area contributed by atoms with Crippen molar-refractivity contribution in [2.75, 3.05) is 26.7 Å². The molecular weight excluding hydrogens is 248 g/mol. The Morgan fingerprint density at radius 3 is 2.50 bits per heavy atom. The molecule has 0 bridgehead atoms. The molecule has 3 rings (SSSR count). The van der Waals surface area contributed by atoms with Crippen LogP contribution in [0, 0.1) is 5.92 Å². The summed E-state index contributed by atoms with van der Waals surface area (Å²) in [5, 5.41) is 0. The maximum absolute atomic E-state index is 5.72. The number of likely N-dealkylation sites (tertiary alicyclic amines) is 1. The van der Waals surface area contributed by atoms with Gasteiger partial charge in [-0.05, 0) is 55.7 Å². The molecule has 1 saturated carbocycles. The summed E-state index contributed by atoms with van der Waals surface area (Å²) in [6.45, 7) is 3.30. The van der Waals surface area contributed by atoms with Crippen LogP contribution in [-0.2, 0) is 0 Å². The van der Waals surface area contributed by atoms with Crippen LogP contribution in [-0.4, -0.2) is 37.7 Å². The Bertz CT molecular complexity index is 434. The second-order valence-corrected chi connectivity index (χ2v) is 6.30. The summed E-state index contributed by atoms with van der Waals surface area (Å²) in [7, 11) is 1.78. The third-order valence-electron chi connectivity index (χ3n) is 5.11. The zero-order valence-electron chi connectivity index (χ0n) is 12.4. The van der Waals surface area contributed by atoms with E-state index in [0.717, 1.165) is 24.3 Å². The van der Waals surface area contributed by atoms with E-state index in [4.69, 9.17) is 10.5 Å². The van der Waals surface area contributed by atoms with Gasteiger partial charge < -0.3 is 10.5 Å². The molecule has 1 aromatic rings. The van der Waals surface area contributed by atoms with Crippen molar-refractivity contribution in [3.8, 4) is 5.75 Å². The van der Waals surface area contributed by atoms with Gasteiger partial charge in [-0.25, -0.2) is 0 Å². The molecule has 0 radical (unpaired) electrons. The lowest BCUT2D eigenvalue weighted by atomic mass is 9.79. The minimum atomic E-state index is 0.675. The number of nitrogens with zero attached hydrogens (tertiary/aromatic N) is 1. The summed E-state index contributed by atoms with van der Waals surface area (Å²) in [4.78, 5) is 2.63. The van der Waals surface area contributed by atoms with Gasteiger partial charge in [-0.15, -0.1) is 0 Å². The number of para-hydroxylation sites is 1. The van der Waals surface area contributed by atoms with Gasteiger partial charge in [0.05, 0.1) is 7.11 Å². The second kappa shape index (κ2) is 6.15. The van der Waals surface area contributed by atoms with Gasteiger partial charge in [0.15, 0.2) is 0 Å². The summed E-state index contributed by atoms with van der Waals surface area (Å²) < 4.78 is 5.51. The molecule has 2 fully saturated rings. The van der Waals surface area contributed by atoms with E-state index < -0.39 is 0 Å². The SMILES string of the molecule is COc1ccccc1C1CCC(N2CC(CN)C2)CC1. The Labute approximate surface area is 122 Å². The van der Waals surface area contributed by atoms with Gasteiger partial charge in [0.2, 0.25) is 0 Å². The number of rotatable bonds is 4. The molecule has 110 valence electrons. The molecule has 3 heteroatoms. The normalized spacial score (nSPS) is 28.1. The first-order valence-electron chi connectivity index (χ1n) is 7.89. The molecule has 1 aliphatic heterocycles. The Morgan fingerprint density at radius 1 is 1.15 bits per heavy atom. The van der Waals surface area contributed by atoms with E-state index in [1.165, 1.54) is 44.3 Å². The number of benzene rings is 1. The molecule has 2 N–H and O–H groups in total. The van der Waals surface area contributed by atoms with Gasteiger partial charge in [0.25, 0.3) is 0 Å². The molecule has 1 aliphatic carbocycles. The summed E-state index contributed by atoms with van der Waals surface area (Å²) in [6.07, 6.45) is 5.21. The van der Waals surface area contributed by atoms with Crippen LogP contribution in [0.25, 0.3) is 0 Å². The number of hydrogen-bond acceptors (Lipinski definition) is 3. The quantitative estimate of drug-likeness (QED) is 0.917. The molecule has 0 atom stereocenters. The molecule has 0 amide bonds. The van der Waals surface area contributed by atoms with Crippen LogP contribution < -0.4 is 10.5 Å². The van der Waals surface area contributed by atoms with Crippen molar-refractivity contribution in [2.24, 2.45) is 11.7 Å². The van der Waals surface area contributed by atoms with Crippen LogP contribution in [0.3, 0.4) is 0 Å². The van der Waals surface area contributed by atoms with E-state index in [2.05, 4.69) is 29.2 Å². The number of ether oxygens (including phenoxy) is 1. The predicted molar refractivity (Wildman–Crippen MR) is 82.1 cm³/mol. The molecule has 2 aliphatic rings. The molecule has 1 aromatic carbocycles. The summed E-state index contributed by atoms with van der Waals surface area (Å²) in [5.74, 6) is 2.49. The highest BCUT2D eigenvalue weighted by Crippen LogP contribution is 2.39. The third kappa shape index (κ3) is 2.70. The van der Waals surface area contributed by atoms with Crippen LogP contribution >= 0.6 is 0 Å². The Kier molecular flexibility index (Phi) is 4.27. The van der Waals surface area contributed by atoms with Crippen LogP contribution in [0.4, 0.5) is 0 Å². The number of nitrogens with two attached hydrogens (primary N) is 1. The first-order chi connectivity index (χ1) is 9.81. The molecule has 1 saturated heterocycles. The highest BCUT2D eigenvalue weighted by Gasteiger charge is 2.34. The van der Waals surface area contributed by atoms with Crippen LogP contribution in [0.2, 0.25) is 0 Å². The fourth-order valence-electron chi connectivity index (χ4n) is 3.81. The summed E-state index contributed by atoms with van der Waals surface area (Å²) in [5.41, 5.74) is 7.11. The average Bonchev–Trinajstić information content (AvgIpc) is 2.47. The fourth-order valence-corrected chi connectivity index (χ4v) is 3.81. The van der Waals surface area contributed by atoms with E-state index in [1.807, 2.05) is 0 Å². The lowest BCUT2D eigenvalue weighted by molar-refractivity contribution is 0.0366. The Hall–Kier alpha value is -1.06. The predicted octanol–water partition coefficient (Wildman–Crippen LogP) is 2.61. The van der Waals surface area contributed by atoms with Crippen molar-refractivity contribution in [2.45, 2.75) is 37.6 Å². The molecule has 1 heterocycles. The molecule has 0 spiro atoms. The highest BCUT2D eigenvalue weighted by atomic mass is 16.5. The lowest BCUT2D eigenvalue weighted by Crippen LogP contribution is -2.55.